The quantitative estimate of drug-likeness (QED) is 0.346. The molecule has 0 spiro atoms. The molecule has 0 bridgehead atoms. The molecule has 1 unspecified atom stereocenters. The van der Waals surface area contributed by atoms with Gasteiger partial charge in [0.25, 0.3) is 0 Å². The van der Waals surface area contributed by atoms with E-state index in [1.54, 1.807) is 0 Å². The molecule has 0 aliphatic heterocycles. The topological polar surface area (TPSA) is 46.2 Å². The summed E-state index contributed by atoms with van der Waals surface area (Å²) in [5.74, 6) is -2.34. The zero-order valence-corrected chi connectivity index (χ0v) is 18.2. The molecule has 9 heteroatoms. The van der Waals surface area contributed by atoms with Gasteiger partial charge in [0.2, 0.25) is 5.91 Å². The third-order valence-corrected chi connectivity index (χ3v) is 6.00. The lowest BCUT2D eigenvalue weighted by atomic mass is 9.97. The number of nitrogens with one attached hydrogen (secondary N) is 1. The summed E-state index contributed by atoms with van der Waals surface area (Å²) in [6.45, 7) is -0.112. The van der Waals surface area contributed by atoms with E-state index in [2.05, 4.69) is 5.32 Å². The first-order valence-corrected chi connectivity index (χ1v) is 10.5. The first kappa shape index (κ1) is 23.6. The van der Waals surface area contributed by atoms with Crippen LogP contribution in [0.5, 0.6) is 0 Å². The molecule has 1 N–H and O–H groups in total. The summed E-state index contributed by atoms with van der Waals surface area (Å²) in [6.07, 6.45) is -0.601. The number of alkyl halides is 3. The number of carbonyl (C=O) groups is 2. The second-order valence-electron chi connectivity index (χ2n) is 7.21. The Hall–Kier alpha value is -2.02. The van der Waals surface area contributed by atoms with Crippen LogP contribution in [0.25, 0.3) is 6.08 Å². The largest absolute Gasteiger partial charge is 0.399 e. The van der Waals surface area contributed by atoms with Crippen molar-refractivity contribution in [3.05, 3.63) is 74.2 Å². The van der Waals surface area contributed by atoms with E-state index in [0.717, 1.165) is 31.1 Å². The van der Waals surface area contributed by atoms with Crippen LogP contribution in [0.1, 0.15) is 40.2 Å². The highest BCUT2D eigenvalue weighted by atomic mass is 35.5. The fourth-order valence-corrected chi connectivity index (χ4v) is 3.52. The van der Waals surface area contributed by atoms with Crippen LogP contribution in [-0.4, -0.2) is 24.4 Å². The number of benzene rings is 2. The second kappa shape index (κ2) is 9.63. The Morgan fingerprint density at radius 2 is 1.65 bits per heavy atom. The SMILES string of the molecule is O=C(CNC(=O)C1CC1)c1ccc(/C=C/C(c2cc(Cl)c(Cl)c(Cl)c2)C(F)(F)F)cc1. The molecule has 1 amide bonds. The van der Waals surface area contributed by atoms with E-state index in [4.69, 9.17) is 34.8 Å². The fourth-order valence-electron chi connectivity index (χ4n) is 2.91. The number of halogens is 6. The summed E-state index contributed by atoms with van der Waals surface area (Å²) in [5, 5.41) is 2.45. The van der Waals surface area contributed by atoms with Gasteiger partial charge in [-0.15, -0.1) is 0 Å². The van der Waals surface area contributed by atoms with E-state index in [1.165, 1.54) is 30.3 Å². The molecule has 1 fully saturated rings. The van der Waals surface area contributed by atoms with E-state index >= 15 is 0 Å². The van der Waals surface area contributed by atoms with E-state index in [-0.39, 0.29) is 44.8 Å². The minimum absolute atomic E-state index is 0.00675. The number of rotatable bonds is 7. The number of Topliss-reactive ketones (excluding diaryl/α,β-unsaturated/α-hetero) is 1. The van der Waals surface area contributed by atoms with Crippen molar-refractivity contribution >= 4 is 52.6 Å². The number of carbonyl (C=O) groups excluding carboxylic acids is 2. The first-order valence-electron chi connectivity index (χ1n) is 9.36. The van der Waals surface area contributed by atoms with Gasteiger partial charge in [0.05, 0.1) is 27.5 Å². The molecule has 164 valence electrons. The zero-order valence-electron chi connectivity index (χ0n) is 16.0. The van der Waals surface area contributed by atoms with Crippen molar-refractivity contribution in [1.29, 1.82) is 0 Å². The van der Waals surface area contributed by atoms with Crippen LogP contribution < -0.4 is 5.32 Å². The smallest absolute Gasteiger partial charge is 0.348 e. The average Bonchev–Trinajstić information content (AvgIpc) is 3.55. The average molecular weight is 491 g/mol. The monoisotopic (exact) mass is 489 g/mol. The molecular formula is C22H17Cl3F3NO2. The minimum Gasteiger partial charge on any atom is -0.348 e. The Labute approximate surface area is 192 Å². The number of ketones is 1. The van der Waals surface area contributed by atoms with E-state index in [0.29, 0.717) is 11.1 Å². The van der Waals surface area contributed by atoms with Gasteiger partial charge in [-0.25, -0.2) is 0 Å². The number of amides is 1. The van der Waals surface area contributed by atoms with Crippen LogP contribution >= 0.6 is 34.8 Å². The molecule has 0 aromatic heterocycles. The normalized spacial score (nSPS) is 15.2. The van der Waals surface area contributed by atoms with Gasteiger partial charge in [-0.1, -0.05) is 71.2 Å². The maximum absolute atomic E-state index is 13.6. The van der Waals surface area contributed by atoms with Crippen LogP contribution in [0.4, 0.5) is 13.2 Å². The molecule has 0 radical (unpaired) electrons. The third kappa shape index (κ3) is 6.25. The van der Waals surface area contributed by atoms with Crippen molar-refractivity contribution in [3.8, 4) is 0 Å². The maximum atomic E-state index is 13.6. The van der Waals surface area contributed by atoms with Crippen molar-refractivity contribution in [1.82, 2.24) is 5.32 Å². The van der Waals surface area contributed by atoms with Crippen LogP contribution in [0.3, 0.4) is 0 Å². The predicted molar refractivity (Wildman–Crippen MR) is 116 cm³/mol. The molecule has 0 heterocycles. The van der Waals surface area contributed by atoms with Gasteiger partial charge in [0.15, 0.2) is 5.78 Å². The number of allylic oxidation sites excluding steroid dienone is 1. The molecule has 3 rings (SSSR count). The molecule has 31 heavy (non-hydrogen) atoms. The minimum atomic E-state index is -4.58. The van der Waals surface area contributed by atoms with Crippen LogP contribution in [0.15, 0.2) is 42.5 Å². The maximum Gasteiger partial charge on any atom is 0.399 e. The summed E-state index contributed by atoms with van der Waals surface area (Å²) >= 11 is 17.6. The molecular weight excluding hydrogens is 474 g/mol. The zero-order chi connectivity index (χ0) is 22.8. The molecule has 2 aromatic carbocycles. The van der Waals surface area contributed by atoms with E-state index in [9.17, 15) is 22.8 Å². The van der Waals surface area contributed by atoms with Crippen LogP contribution in [0, 0.1) is 5.92 Å². The lowest BCUT2D eigenvalue weighted by Crippen LogP contribution is -2.30. The Morgan fingerprint density at radius 3 is 2.16 bits per heavy atom. The van der Waals surface area contributed by atoms with Crippen molar-refractivity contribution in [3.63, 3.8) is 0 Å². The third-order valence-electron chi connectivity index (χ3n) is 4.80. The number of hydrogen-bond donors (Lipinski definition) is 1. The lowest BCUT2D eigenvalue weighted by Gasteiger charge is -2.18. The van der Waals surface area contributed by atoms with Gasteiger partial charge in [0, 0.05) is 11.5 Å². The highest BCUT2D eigenvalue weighted by Gasteiger charge is 2.39. The second-order valence-corrected chi connectivity index (χ2v) is 8.41. The van der Waals surface area contributed by atoms with Crippen molar-refractivity contribution < 1.29 is 22.8 Å². The summed E-state index contributed by atoms with van der Waals surface area (Å²) in [7, 11) is 0. The van der Waals surface area contributed by atoms with Gasteiger partial charge in [-0.05, 0) is 36.1 Å². The first-order chi connectivity index (χ1) is 14.6. The van der Waals surface area contributed by atoms with Gasteiger partial charge in [0.1, 0.15) is 0 Å². The van der Waals surface area contributed by atoms with Gasteiger partial charge < -0.3 is 5.32 Å². The summed E-state index contributed by atoms with van der Waals surface area (Å²) < 4.78 is 40.8. The van der Waals surface area contributed by atoms with Crippen molar-refractivity contribution in [2.45, 2.75) is 24.9 Å². The Kier molecular flexibility index (Phi) is 7.35. The predicted octanol–water partition coefficient (Wildman–Crippen LogP) is 6.72. The Balaban J connectivity index is 1.72. The van der Waals surface area contributed by atoms with Gasteiger partial charge in [-0.3, -0.25) is 9.59 Å². The van der Waals surface area contributed by atoms with E-state index < -0.39 is 12.1 Å². The van der Waals surface area contributed by atoms with Gasteiger partial charge >= 0.3 is 6.18 Å². The number of hydrogen-bond acceptors (Lipinski definition) is 2. The molecule has 3 nitrogen and oxygen atoms in total. The lowest BCUT2D eigenvalue weighted by molar-refractivity contribution is -0.139. The summed E-state index contributed by atoms with van der Waals surface area (Å²) in [6, 6.07) is 8.34. The van der Waals surface area contributed by atoms with Crippen molar-refractivity contribution in [2.24, 2.45) is 5.92 Å². The van der Waals surface area contributed by atoms with E-state index in [1.807, 2.05) is 0 Å². The highest BCUT2D eigenvalue weighted by molar-refractivity contribution is 6.48. The highest BCUT2D eigenvalue weighted by Crippen LogP contribution is 2.41. The van der Waals surface area contributed by atoms with Crippen molar-refractivity contribution in [2.75, 3.05) is 6.54 Å². The molecule has 1 atom stereocenters. The molecule has 1 aliphatic carbocycles. The molecule has 1 aliphatic rings. The Morgan fingerprint density at radius 1 is 1.06 bits per heavy atom. The summed E-state index contributed by atoms with van der Waals surface area (Å²) in [4.78, 5) is 23.8. The fraction of sp³-hybridized carbons (Fsp3) is 0.273. The molecule has 0 saturated heterocycles. The standard InChI is InChI=1S/C22H17Cl3F3NO2/c23-17-9-15(10-18(24)20(17)25)16(22(26,27)28)8-3-12-1-4-13(5-2-12)19(30)11-29-21(31)14-6-7-14/h1-5,8-10,14,16H,6-7,11H2,(H,29,31)/b8-3+. The molecule has 1 saturated carbocycles. The van der Waals surface area contributed by atoms with Gasteiger partial charge in [-0.2, -0.15) is 13.2 Å². The van der Waals surface area contributed by atoms with Crippen LogP contribution in [0.2, 0.25) is 15.1 Å². The molecule has 2 aromatic rings. The summed E-state index contributed by atoms with van der Waals surface area (Å²) in [5.41, 5.74) is 0.692. The Bertz CT molecular complexity index is 993. The van der Waals surface area contributed by atoms with Crippen LogP contribution in [-0.2, 0) is 4.79 Å².